The summed E-state index contributed by atoms with van der Waals surface area (Å²) in [4.78, 5) is 13.5. The van der Waals surface area contributed by atoms with Gasteiger partial charge in [0.2, 0.25) is 0 Å². The van der Waals surface area contributed by atoms with Crippen molar-refractivity contribution < 1.29 is 9.84 Å². The molecule has 0 radical (unpaired) electrons. The van der Waals surface area contributed by atoms with E-state index in [9.17, 15) is 5.11 Å². The van der Waals surface area contributed by atoms with Gasteiger partial charge in [-0.1, -0.05) is 11.6 Å². The summed E-state index contributed by atoms with van der Waals surface area (Å²) in [5, 5.41) is 9.71. The van der Waals surface area contributed by atoms with Crippen LogP contribution < -0.4 is 5.73 Å². The molecule has 1 aliphatic rings. The van der Waals surface area contributed by atoms with E-state index in [0.29, 0.717) is 22.0 Å². The number of thioether (sulfide) groups is 1. The predicted octanol–water partition coefficient (Wildman–Crippen LogP) is 2.72. The Hall–Kier alpha value is -1.58. The standard InChI is InChI=1S/C16H15Cl2N5O2S/c17-8-1-3-9(4-2-8)26-13-11(18)10(5-24)25-16(13)23-7-22-12-14(19)20-6-21-15(12)23/h1-4,6-7,10-11,13,16,24H,5H2,(H2,19,20,21)/t10-,11+,13-,16-/m1/s1. The molecule has 2 aromatic heterocycles. The molecule has 0 spiro atoms. The third kappa shape index (κ3) is 3.12. The van der Waals surface area contributed by atoms with E-state index in [2.05, 4.69) is 15.0 Å². The highest BCUT2D eigenvalue weighted by Gasteiger charge is 2.45. The highest BCUT2D eigenvalue weighted by atomic mass is 35.5. The molecule has 0 aliphatic carbocycles. The number of nitrogen functional groups attached to an aromatic ring is 1. The van der Waals surface area contributed by atoms with Crippen molar-refractivity contribution in [1.29, 1.82) is 0 Å². The number of aliphatic hydroxyl groups excluding tert-OH is 1. The molecular weight excluding hydrogens is 397 g/mol. The first kappa shape index (κ1) is 17.8. The number of ether oxygens (including phenoxy) is 1. The van der Waals surface area contributed by atoms with Gasteiger partial charge in [0.25, 0.3) is 0 Å². The maximum absolute atomic E-state index is 9.62. The molecule has 0 unspecified atom stereocenters. The first-order valence-electron chi connectivity index (χ1n) is 7.84. The second kappa shape index (κ2) is 7.21. The number of imidazole rings is 1. The molecule has 26 heavy (non-hydrogen) atoms. The number of alkyl halides is 1. The number of anilines is 1. The minimum atomic E-state index is -0.497. The molecule has 0 bridgehead atoms. The van der Waals surface area contributed by atoms with Gasteiger partial charge in [0.15, 0.2) is 17.7 Å². The summed E-state index contributed by atoms with van der Waals surface area (Å²) < 4.78 is 7.80. The van der Waals surface area contributed by atoms with Crippen molar-refractivity contribution in [1.82, 2.24) is 19.5 Å². The average Bonchev–Trinajstić information content (AvgIpc) is 3.20. The molecule has 1 saturated heterocycles. The second-order valence-corrected chi connectivity index (χ2v) is 8.00. The minimum absolute atomic E-state index is 0.175. The van der Waals surface area contributed by atoms with Crippen molar-refractivity contribution in [2.45, 2.75) is 27.9 Å². The third-order valence-electron chi connectivity index (χ3n) is 4.19. The summed E-state index contributed by atoms with van der Waals surface area (Å²) in [7, 11) is 0. The van der Waals surface area contributed by atoms with Gasteiger partial charge in [-0.15, -0.1) is 23.4 Å². The van der Waals surface area contributed by atoms with Crippen molar-refractivity contribution in [2.24, 2.45) is 0 Å². The molecule has 136 valence electrons. The number of fused-ring (bicyclic) bond motifs is 1. The molecule has 0 saturated carbocycles. The zero-order valence-corrected chi connectivity index (χ0v) is 15.7. The Kier molecular flexibility index (Phi) is 4.94. The number of hydrogen-bond donors (Lipinski definition) is 2. The first-order valence-corrected chi connectivity index (χ1v) is 9.53. The van der Waals surface area contributed by atoms with Gasteiger partial charge in [-0.25, -0.2) is 15.0 Å². The van der Waals surface area contributed by atoms with Gasteiger partial charge in [-0.2, -0.15) is 0 Å². The molecule has 3 N–H and O–H groups in total. The lowest BCUT2D eigenvalue weighted by Crippen LogP contribution is -2.26. The van der Waals surface area contributed by atoms with Crippen LogP contribution in [0.2, 0.25) is 5.02 Å². The first-order chi connectivity index (χ1) is 12.6. The molecule has 1 aromatic carbocycles. The van der Waals surface area contributed by atoms with Crippen LogP contribution in [0.15, 0.2) is 41.8 Å². The Morgan fingerprint density at radius 1 is 1.23 bits per heavy atom. The topological polar surface area (TPSA) is 99.1 Å². The minimum Gasteiger partial charge on any atom is -0.394 e. The normalized spacial score (nSPS) is 25.8. The van der Waals surface area contributed by atoms with Crippen molar-refractivity contribution in [3.05, 3.63) is 41.9 Å². The smallest absolute Gasteiger partial charge is 0.167 e. The van der Waals surface area contributed by atoms with Gasteiger partial charge in [0.05, 0.1) is 23.6 Å². The zero-order chi connectivity index (χ0) is 18.3. The number of aromatic nitrogens is 4. The average molecular weight is 412 g/mol. The van der Waals surface area contributed by atoms with Crippen molar-refractivity contribution in [2.75, 3.05) is 12.3 Å². The number of benzene rings is 1. The summed E-state index contributed by atoms with van der Waals surface area (Å²) >= 11 is 14.1. The van der Waals surface area contributed by atoms with Crippen LogP contribution in [-0.2, 0) is 4.74 Å². The summed E-state index contributed by atoms with van der Waals surface area (Å²) in [5.74, 6) is 0.301. The van der Waals surface area contributed by atoms with E-state index in [4.69, 9.17) is 33.7 Å². The summed E-state index contributed by atoms with van der Waals surface area (Å²) in [5.41, 5.74) is 6.94. The number of hydrogen-bond acceptors (Lipinski definition) is 7. The molecule has 1 fully saturated rings. The summed E-state index contributed by atoms with van der Waals surface area (Å²) in [6.45, 7) is -0.175. The van der Waals surface area contributed by atoms with Gasteiger partial charge in [-0.3, -0.25) is 4.57 Å². The molecule has 4 atom stereocenters. The van der Waals surface area contributed by atoms with Crippen molar-refractivity contribution in [3.8, 4) is 0 Å². The van der Waals surface area contributed by atoms with E-state index < -0.39 is 17.7 Å². The van der Waals surface area contributed by atoms with Gasteiger partial charge < -0.3 is 15.6 Å². The molecule has 10 heteroatoms. The lowest BCUT2D eigenvalue weighted by molar-refractivity contribution is -0.0189. The largest absolute Gasteiger partial charge is 0.394 e. The predicted molar refractivity (Wildman–Crippen MR) is 101 cm³/mol. The molecule has 3 heterocycles. The van der Waals surface area contributed by atoms with E-state index >= 15 is 0 Å². The van der Waals surface area contributed by atoms with Crippen LogP contribution in [0.3, 0.4) is 0 Å². The molecule has 3 aromatic rings. The van der Waals surface area contributed by atoms with Crippen LogP contribution in [0.4, 0.5) is 5.82 Å². The fraction of sp³-hybridized carbons (Fsp3) is 0.312. The Labute approximate surface area is 163 Å². The highest BCUT2D eigenvalue weighted by Crippen LogP contribution is 2.44. The Balaban J connectivity index is 1.71. The van der Waals surface area contributed by atoms with E-state index in [1.54, 1.807) is 22.7 Å². The fourth-order valence-corrected chi connectivity index (χ4v) is 4.69. The Morgan fingerprint density at radius 3 is 2.73 bits per heavy atom. The van der Waals surface area contributed by atoms with Crippen LogP contribution in [0.5, 0.6) is 0 Å². The fourth-order valence-electron chi connectivity index (χ4n) is 2.92. The lowest BCUT2D eigenvalue weighted by atomic mass is 10.2. The highest BCUT2D eigenvalue weighted by molar-refractivity contribution is 8.00. The Bertz CT molecular complexity index is 923. The van der Waals surface area contributed by atoms with Gasteiger partial charge in [0.1, 0.15) is 17.9 Å². The third-order valence-corrected chi connectivity index (χ3v) is 6.49. The monoisotopic (exact) mass is 411 g/mol. The van der Waals surface area contributed by atoms with Gasteiger partial charge in [0, 0.05) is 9.92 Å². The Morgan fingerprint density at radius 2 is 2.00 bits per heavy atom. The number of rotatable bonds is 4. The number of nitrogens with zero attached hydrogens (tertiary/aromatic N) is 4. The van der Waals surface area contributed by atoms with E-state index in [1.165, 1.54) is 6.33 Å². The molecule has 0 amide bonds. The van der Waals surface area contributed by atoms with Crippen molar-refractivity contribution >= 4 is 51.9 Å². The van der Waals surface area contributed by atoms with Crippen LogP contribution in [0.1, 0.15) is 6.23 Å². The lowest BCUT2D eigenvalue weighted by Gasteiger charge is -2.21. The zero-order valence-electron chi connectivity index (χ0n) is 13.4. The quantitative estimate of drug-likeness (QED) is 0.636. The molecular formula is C16H15Cl2N5O2S. The molecule has 4 rings (SSSR count). The number of nitrogens with two attached hydrogens (primary N) is 1. The second-order valence-electron chi connectivity index (χ2n) is 5.81. The van der Waals surface area contributed by atoms with E-state index in [0.717, 1.165) is 4.90 Å². The van der Waals surface area contributed by atoms with Crippen LogP contribution in [-0.4, -0.2) is 48.0 Å². The SMILES string of the molecule is Nc1ncnc2c1ncn2[C@@H]1O[C@H](CO)[C@H](Cl)[C@H]1Sc1ccc(Cl)cc1. The number of aliphatic hydroxyl groups is 1. The van der Waals surface area contributed by atoms with Gasteiger partial charge >= 0.3 is 0 Å². The number of halogens is 2. The van der Waals surface area contributed by atoms with E-state index in [-0.39, 0.29) is 11.9 Å². The van der Waals surface area contributed by atoms with Crippen LogP contribution in [0.25, 0.3) is 11.2 Å². The van der Waals surface area contributed by atoms with Crippen LogP contribution in [0, 0.1) is 0 Å². The molecule has 7 nitrogen and oxygen atoms in total. The molecule has 1 aliphatic heterocycles. The van der Waals surface area contributed by atoms with E-state index in [1.807, 2.05) is 24.3 Å². The van der Waals surface area contributed by atoms with Crippen LogP contribution >= 0.6 is 35.0 Å². The summed E-state index contributed by atoms with van der Waals surface area (Å²) in [6.07, 6.45) is 2.03. The van der Waals surface area contributed by atoms with Gasteiger partial charge in [-0.05, 0) is 24.3 Å². The maximum Gasteiger partial charge on any atom is 0.167 e. The maximum atomic E-state index is 9.62. The summed E-state index contributed by atoms with van der Waals surface area (Å²) in [6, 6.07) is 7.49. The van der Waals surface area contributed by atoms with Crippen molar-refractivity contribution in [3.63, 3.8) is 0 Å².